The van der Waals surface area contributed by atoms with Crippen LogP contribution in [0, 0.1) is 11.8 Å². The van der Waals surface area contributed by atoms with Crippen molar-refractivity contribution >= 4 is 23.8 Å². The van der Waals surface area contributed by atoms with Crippen LogP contribution in [0.5, 0.6) is 0 Å². The largest absolute Gasteiger partial charge is 0.370 e. The highest BCUT2D eigenvalue weighted by Gasteiger charge is 2.55. The number of nitrogens with zero attached hydrogens (tertiary/aromatic N) is 2. The molecule has 1 aliphatic carbocycles. The molecule has 150 valence electrons. The lowest BCUT2D eigenvalue weighted by Gasteiger charge is -2.37. The van der Waals surface area contributed by atoms with Crippen molar-refractivity contribution in [3.05, 3.63) is 0 Å². The number of nitrogens with one attached hydrogen (secondary N) is 1. The van der Waals surface area contributed by atoms with E-state index in [-0.39, 0.29) is 36.1 Å². The first-order valence-electron chi connectivity index (χ1n) is 10.0. The van der Waals surface area contributed by atoms with E-state index in [1.54, 1.807) is 4.90 Å². The second-order valence-corrected chi connectivity index (χ2v) is 8.29. The summed E-state index contributed by atoms with van der Waals surface area (Å²) >= 11 is 0. The van der Waals surface area contributed by atoms with Gasteiger partial charge in [-0.05, 0) is 43.9 Å². The molecule has 3 N–H and O–H groups in total. The number of rotatable bonds is 5. The van der Waals surface area contributed by atoms with Crippen LogP contribution in [0.25, 0.3) is 0 Å². The Morgan fingerprint density at radius 1 is 1.22 bits per heavy atom. The molecule has 2 heterocycles. The lowest BCUT2D eigenvalue weighted by Crippen LogP contribution is -2.54. The second kappa shape index (κ2) is 7.86. The number of amides is 5. The summed E-state index contributed by atoms with van der Waals surface area (Å²) in [4.78, 5) is 52.0. The van der Waals surface area contributed by atoms with Crippen molar-refractivity contribution in [3.63, 3.8) is 0 Å². The minimum atomic E-state index is -0.832. The van der Waals surface area contributed by atoms with E-state index in [1.807, 2.05) is 6.92 Å². The molecule has 1 spiro atoms. The quantitative estimate of drug-likeness (QED) is 0.695. The standard InChI is InChI=1S/C19H30N4O4/c1-13-5-2-3-9-19(13)17(26)23(18(27)21-19)12-16(25)22-10-4-6-14(11-22)7-8-15(20)24/h13-14H,2-12H2,1H3,(H2,20,24)(H,21,27). The van der Waals surface area contributed by atoms with Crippen molar-refractivity contribution in [1.82, 2.24) is 15.1 Å². The van der Waals surface area contributed by atoms with Crippen LogP contribution in [-0.4, -0.2) is 58.7 Å². The van der Waals surface area contributed by atoms with Gasteiger partial charge < -0.3 is 16.0 Å². The molecule has 3 atom stereocenters. The third kappa shape index (κ3) is 3.94. The zero-order valence-corrected chi connectivity index (χ0v) is 16.0. The van der Waals surface area contributed by atoms with E-state index < -0.39 is 11.6 Å². The lowest BCUT2D eigenvalue weighted by molar-refractivity contribution is -0.141. The predicted molar refractivity (Wildman–Crippen MR) is 98.3 cm³/mol. The fourth-order valence-electron chi connectivity index (χ4n) is 4.75. The molecule has 5 amide bonds. The third-order valence-corrected chi connectivity index (χ3v) is 6.47. The Kier molecular flexibility index (Phi) is 5.72. The number of piperidine rings is 1. The molecule has 8 nitrogen and oxygen atoms in total. The molecule has 0 aromatic heterocycles. The van der Waals surface area contributed by atoms with Gasteiger partial charge in [-0.3, -0.25) is 19.3 Å². The van der Waals surface area contributed by atoms with Crippen molar-refractivity contribution in [3.8, 4) is 0 Å². The van der Waals surface area contributed by atoms with E-state index in [4.69, 9.17) is 5.73 Å². The first-order valence-corrected chi connectivity index (χ1v) is 10.0. The Hall–Kier alpha value is -2.12. The summed E-state index contributed by atoms with van der Waals surface area (Å²) in [6.07, 6.45) is 6.32. The number of likely N-dealkylation sites (tertiary alicyclic amines) is 1. The van der Waals surface area contributed by atoms with Gasteiger partial charge >= 0.3 is 6.03 Å². The Balaban J connectivity index is 1.61. The number of imide groups is 1. The molecule has 3 fully saturated rings. The number of urea groups is 1. The molecular weight excluding hydrogens is 348 g/mol. The second-order valence-electron chi connectivity index (χ2n) is 8.29. The van der Waals surface area contributed by atoms with Crippen LogP contribution in [0.1, 0.15) is 58.3 Å². The number of carbonyl (C=O) groups excluding carboxylic acids is 4. The molecule has 1 saturated carbocycles. The number of hydrogen-bond acceptors (Lipinski definition) is 4. The number of hydrogen-bond donors (Lipinski definition) is 2. The molecule has 0 radical (unpaired) electrons. The SMILES string of the molecule is CC1CCCCC12NC(=O)N(CC(=O)N1CCCC(CCC(N)=O)C1)C2=O. The van der Waals surface area contributed by atoms with Gasteiger partial charge in [0.15, 0.2) is 0 Å². The zero-order valence-electron chi connectivity index (χ0n) is 16.0. The minimum Gasteiger partial charge on any atom is -0.370 e. The van der Waals surface area contributed by atoms with Gasteiger partial charge in [-0.2, -0.15) is 0 Å². The molecular formula is C19H30N4O4. The van der Waals surface area contributed by atoms with Gasteiger partial charge in [0.1, 0.15) is 12.1 Å². The summed E-state index contributed by atoms with van der Waals surface area (Å²) in [5, 5.41) is 2.88. The van der Waals surface area contributed by atoms with E-state index in [1.165, 1.54) is 0 Å². The Morgan fingerprint density at radius 3 is 2.70 bits per heavy atom. The van der Waals surface area contributed by atoms with E-state index in [9.17, 15) is 19.2 Å². The number of carbonyl (C=O) groups is 4. The van der Waals surface area contributed by atoms with Gasteiger partial charge in [0, 0.05) is 19.5 Å². The smallest absolute Gasteiger partial charge is 0.325 e. The van der Waals surface area contributed by atoms with Crippen LogP contribution >= 0.6 is 0 Å². The van der Waals surface area contributed by atoms with E-state index in [0.29, 0.717) is 32.4 Å². The van der Waals surface area contributed by atoms with Gasteiger partial charge in [-0.1, -0.05) is 19.8 Å². The van der Waals surface area contributed by atoms with Crippen molar-refractivity contribution in [2.75, 3.05) is 19.6 Å². The fraction of sp³-hybridized carbons (Fsp3) is 0.789. The van der Waals surface area contributed by atoms with Gasteiger partial charge in [0.2, 0.25) is 11.8 Å². The van der Waals surface area contributed by atoms with E-state index in [2.05, 4.69) is 5.32 Å². The Labute approximate surface area is 159 Å². The molecule has 2 aliphatic heterocycles. The summed E-state index contributed by atoms with van der Waals surface area (Å²) in [5.41, 5.74) is 4.38. The zero-order chi connectivity index (χ0) is 19.6. The van der Waals surface area contributed by atoms with Crippen LogP contribution in [-0.2, 0) is 14.4 Å². The molecule has 3 unspecified atom stereocenters. The van der Waals surface area contributed by atoms with Crippen LogP contribution in [0.3, 0.4) is 0 Å². The Morgan fingerprint density at radius 2 is 2.00 bits per heavy atom. The average Bonchev–Trinajstić information content (AvgIpc) is 2.87. The van der Waals surface area contributed by atoms with Gasteiger partial charge in [-0.25, -0.2) is 4.79 Å². The topological polar surface area (TPSA) is 113 Å². The van der Waals surface area contributed by atoms with Crippen LogP contribution in [0.4, 0.5) is 4.79 Å². The first-order chi connectivity index (χ1) is 12.8. The fourth-order valence-corrected chi connectivity index (χ4v) is 4.75. The maximum absolute atomic E-state index is 13.0. The summed E-state index contributed by atoms with van der Waals surface area (Å²) in [5.74, 6) is -0.471. The number of nitrogens with two attached hydrogens (primary N) is 1. The van der Waals surface area contributed by atoms with Gasteiger partial charge in [0.25, 0.3) is 5.91 Å². The maximum Gasteiger partial charge on any atom is 0.325 e. The van der Waals surface area contributed by atoms with Crippen LogP contribution < -0.4 is 11.1 Å². The van der Waals surface area contributed by atoms with Crippen LogP contribution in [0.2, 0.25) is 0 Å². The molecule has 8 heteroatoms. The van der Waals surface area contributed by atoms with Gasteiger partial charge in [0.05, 0.1) is 0 Å². The molecule has 3 aliphatic rings. The van der Waals surface area contributed by atoms with E-state index >= 15 is 0 Å². The van der Waals surface area contributed by atoms with Crippen molar-refractivity contribution in [2.24, 2.45) is 17.6 Å². The van der Waals surface area contributed by atoms with Gasteiger partial charge in [-0.15, -0.1) is 0 Å². The predicted octanol–water partition coefficient (Wildman–Crippen LogP) is 0.991. The lowest BCUT2D eigenvalue weighted by atomic mass is 9.73. The minimum absolute atomic E-state index is 0.0796. The molecule has 0 aromatic rings. The third-order valence-electron chi connectivity index (χ3n) is 6.47. The normalized spacial score (nSPS) is 31.3. The summed E-state index contributed by atoms with van der Waals surface area (Å²) in [7, 11) is 0. The highest BCUT2D eigenvalue weighted by Crippen LogP contribution is 2.38. The summed E-state index contributed by atoms with van der Waals surface area (Å²) in [6, 6.07) is -0.454. The highest BCUT2D eigenvalue weighted by atomic mass is 16.2. The van der Waals surface area contributed by atoms with Crippen molar-refractivity contribution in [2.45, 2.75) is 63.8 Å². The first kappa shape index (κ1) is 19.6. The monoisotopic (exact) mass is 378 g/mol. The summed E-state index contributed by atoms with van der Waals surface area (Å²) < 4.78 is 0. The highest BCUT2D eigenvalue weighted by molar-refractivity contribution is 6.09. The molecule has 27 heavy (non-hydrogen) atoms. The molecule has 0 aromatic carbocycles. The van der Waals surface area contributed by atoms with Crippen molar-refractivity contribution < 1.29 is 19.2 Å². The molecule has 0 bridgehead atoms. The van der Waals surface area contributed by atoms with Crippen molar-refractivity contribution in [1.29, 1.82) is 0 Å². The van der Waals surface area contributed by atoms with Crippen LogP contribution in [0.15, 0.2) is 0 Å². The molecule has 2 saturated heterocycles. The summed E-state index contributed by atoms with van der Waals surface area (Å²) in [6.45, 7) is 2.96. The Bertz CT molecular complexity index is 637. The maximum atomic E-state index is 13.0. The number of primary amides is 1. The van der Waals surface area contributed by atoms with E-state index in [0.717, 1.165) is 37.0 Å². The average molecular weight is 378 g/mol. The molecule has 3 rings (SSSR count).